The van der Waals surface area contributed by atoms with Crippen LogP contribution in [0.5, 0.6) is 0 Å². The maximum absolute atomic E-state index is 13.3. The SMILES string of the molecule is CC(=O)[C@@H](Cc1ccccc1)NC(=O)C[NH2+][C@H](C)c1ccc(F)c(F)c1. The smallest absolute Gasteiger partial charge is 0.275 e. The molecule has 138 valence electrons. The lowest BCUT2D eigenvalue weighted by Crippen LogP contribution is -2.87. The first kappa shape index (κ1) is 19.7. The van der Waals surface area contributed by atoms with Crippen molar-refractivity contribution in [2.24, 2.45) is 0 Å². The van der Waals surface area contributed by atoms with Crippen molar-refractivity contribution in [2.75, 3.05) is 6.54 Å². The zero-order chi connectivity index (χ0) is 19.1. The summed E-state index contributed by atoms with van der Waals surface area (Å²) in [6.07, 6.45) is 0.431. The fourth-order valence-corrected chi connectivity index (χ4v) is 2.61. The number of amides is 1. The molecule has 0 radical (unpaired) electrons. The Kier molecular flexibility index (Phi) is 6.97. The minimum atomic E-state index is -0.910. The number of halogens is 2. The molecule has 0 aliphatic heterocycles. The average molecular weight is 361 g/mol. The van der Waals surface area contributed by atoms with Crippen LogP contribution in [-0.4, -0.2) is 24.3 Å². The molecule has 2 atom stereocenters. The van der Waals surface area contributed by atoms with Crippen molar-refractivity contribution in [3.05, 3.63) is 71.3 Å². The summed E-state index contributed by atoms with van der Waals surface area (Å²) < 4.78 is 26.3. The number of Topliss-reactive ketones (excluding diaryl/α,β-unsaturated/α-hetero) is 1. The molecule has 2 aromatic carbocycles. The van der Waals surface area contributed by atoms with Crippen molar-refractivity contribution in [3.63, 3.8) is 0 Å². The van der Waals surface area contributed by atoms with Crippen molar-refractivity contribution in [2.45, 2.75) is 32.4 Å². The third-order valence-corrected chi connectivity index (χ3v) is 4.23. The van der Waals surface area contributed by atoms with E-state index in [0.29, 0.717) is 12.0 Å². The van der Waals surface area contributed by atoms with Crippen LogP contribution in [0.4, 0.5) is 8.78 Å². The standard InChI is InChI=1S/C20H22F2N2O2/c1-13(16-8-9-17(21)18(22)11-16)23-12-20(26)24-19(14(2)25)10-15-6-4-3-5-7-15/h3-9,11,13,19,23H,10,12H2,1-2H3,(H,24,26)/p+1/t13-,19-/m1/s1. The van der Waals surface area contributed by atoms with Crippen LogP contribution in [0.1, 0.15) is 31.0 Å². The first-order valence-corrected chi connectivity index (χ1v) is 8.49. The highest BCUT2D eigenvalue weighted by atomic mass is 19.2. The molecular formula is C20H23F2N2O2+. The maximum Gasteiger partial charge on any atom is 0.275 e. The van der Waals surface area contributed by atoms with E-state index in [1.54, 1.807) is 12.2 Å². The number of nitrogens with one attached hydrogen (secondary N) is 1. The van der Waals surface area contributed by atoms with Crippen LogP contribution >= 0.6 is 0 Å². The Labute approximate surface area is 151 Å². The summed E-state index contributed by atoms with van der Waals surface area (Å²) in [5.74, 6) is -2.21. The van der Waals surface area contributed by atoms with Crippen molar-refractivity contribution in [1.29, 1.82) is 0 Å². The molecule has 4 nitrogen and oxygen atoms in total. The van der Waals surface area contributed by atoms with Crippen LogP contribution in [0, 0.1) is 11.6 Å². The average Bonchev–Trinajstić information content (AvgIpc) is 2.62. The number of quaternary nitrogens is 1. The summed E-state index contributed by atoms with van der Waals surface area (Å²) in [6, 6.07) is 12.3. The van der Waals surface area contributed by atoms with Gasteiger partial charge in [0.2, 0.25) is 0 Å². The van der Waals surface area contributed by atoms with E-state index in [2.05, 4.69) is 5.32 Å². The summed E-state index contributed by atoms with van der Waals surface area (Å²) in [5, 5.41) is 4.45. The molecule has 0 bridgehead atoms. The topological polar surface area (TPSA) is 62.8 Å². The van der Waals surface area contributed by atoms with Crippen LogP contribution < -0.4 is 10.6 Å². The molecule has 0 saturated heterocycles. The first-order valence-electron chi connectivity index (χ1n) is 8.49. The molecule has 0 spiro atoms. The van der Waals surface area contributed by atoms with Gasteiger partial charge >= 0.3 is 0 Å². The molecule has 26 heavy (non-hydrogen) atoms. The molecule has 1 amide bonds. The Morgan fingerprint density at radius 3 is 2.38 bits per heavy atom. The predicted octanol–water partition coefficient (Wildman–Crippen LogP) is 1.91. The molecule has 0 aromatic heterocycles. The fourth-order valence-electron chi connectivity index (χ4n) is 2.61. The molecule has 0 fully saturated rings. The van der Waals surface area contributed by atoms with E-state index in [4.69, 9.17) is 0 Å². The highest BCUT2D eigenvalue weighted by Gasteiger charge is 2.19. The van der Waals surface area contributed by atoms with Crippen molar-refractivity contribution < 1.29 is 23.7 Å². The van der Waals surface area contributed by atoms with Crippen molar-refractivity contribution >= 4 is 11.7 Å². The largest absolute Gasteiger partial charge is 0.341 e. The molecule has 2 aromatic rings. The Morgan fingerprint density at radius 1 is 1.08 bits per heavy atom. The summed E-state index contributed by atoms with van der Waals surface area (Å²) in [6.45, 7) is 3.33. The van der Waals surface area contributed by atoms with Crippen molar-refractivity contribution in [1.82, 2.24) is 5.32 Å². The normalized spacial score (nSPS) is 13.1. The van der Waals surface area contributed by atoms with Gasteiger partial charge in [-0.15, -0.1) is 0 Å². The number of hydrogen-bond donors (Lipinski definition) is 2. The van der Waals surface area contributed by atoms with E-state index in [9.17, 15) is 18.4 Å². The van der Waals surface area contributed by atoms with Crippen LogP contribution in [0.3, 0.4) is 0 Å². The first-order chi connectivity index (χ1) is 12.4. The van der Waals surface area contributed by atoms with E-state index in [1.165, 1.54) is 13.0 Å². The van der Waals surface area contributed by atoms with E-state index >= 15 is 0 Å². The lowest BCUT2D eigenvalue weighted by Gasteiger charge is -2.17. The van der Waals surface area contributed by atoms with Crippen LogP contribution in [0.25, 0.3) is 0 Å². The number of carbonyl (C=O) groups is 2. The van der Waals surface area contributed by atoms with E-state index in [0.717, 1.165) is 17.7 Å². The quantitative estimate of drug-likeness (QED) is 0.754. The van der Waals surface area contributed by atoms with Gasteiger partial charge in [0, 0.05) is 5.56 Å². The lowest BCUT2D eigenvalue weighted by atomic mass is 10.0. The summed E-state index contributed by atoms with van der Waals surface area (Å²) in [4.78, 5) is 24.0. The predicted molar refractivity (Wildman–Crippen MR) is 94.3 cm³/mol. The lowest BCUT2D eigenvalue weighted by molar-refractivity contribution is -0.682. The summed E-state index contributed by atoms with van der Waals surface area (Å²) in [5.41, 5.74) is 1.55. The number of carbonyl (C=O) groups excluding carboxylic acids is 2. The molecule has 6 heteroatoms. The van der Waals surface area contributed by atoms with Gasteiger partial charge in [0.1, 0.15) is 6.04 Å². The Balaban J connectivity index is 1.89. The van der Waals surface area contributed by atoms with Gasteiger partial charge in [-0.1, -0.05) is 30.3 Å². The number of rotatable bonds is 8. The van der Waals surface area contributed by atoms with Gasteiger partial charge in [-0.2, -0.15) is 0 Å². The Hall–Kier alpha value is -2.60. The Morgan fingerprint density at radius 2 is 1.77 bits per heavy atom. The van der Waals surface area contributed by atoms with Gasteiger partial charge in [0.25, 0.3) is 5.91 Å². The van der Waals surface area contributed by atoms with Gasteiger partial charge < -0.3 is 10.6 Å². The fraction of sp³-hybridized carbons (Fsp3) is 0.300. The molecule has 0 aliphatic carbocycles. The minimum absolute atomic E-state index is 0.0821. The van der Waals surface area contributed by atoms with Gasteiger partial charge in [0.05, 0.1) is 6.04 Å². The summed E-state index contributed by atoms with van der Waals surface area (Å²) >= 11 is 0. The van der Waals surface area contributed by atoms with Gasteiger partial charge in [-0.3, -0.25) is 9.59 Å². The molecule has 0 aliphatic rings. The molecular weight excluding hydrogens is 338 g/mol. The van der Waals surface area contributed by atoms with Gasteiger partial charge in [-0.05, 0) is 44.0 Å². The third-order valence-electron chi connectivity index (χ3n) is 4.23. The zero-order valence-corrected chi connectivity index (χ0v) is 14.8. The van der Waals surface area contributed by atoms with Crippen LogP contribution in [-0.2, 0) is 16.0 Å². The third kappa shape index (κ3) is 5.74. The second kappa shape index (κ2) is 9.20. The van der Waals surface area contributed by atoms with Crippen LogP contribution in [0.2, 0.25) is 0 Å². The highest BCUT2D eigenvalue weighted by Crippen LogP contribution is 2.13. The maximum atomic E-state index is 13.3. The van der Waals surface area contributed by atoms with Gasteiger partial charge in [0.15, 0.2) is 24.0 Å². The zero-order valence-electron chi connectivity index (χ0n) is 14.8. The molecule has 2 rings (SSSR count). The number of nitrogens with two attached hydrogens (primary N) is 1. The molecule has 0 saturated carbocycles. The second-order valence-electron chi connectivity index (χ2n) is 6.32. The Bertz CT molecular complexity index is 766. The molecule has 0 unspecified atom stereocenters. The van der Waals surface area contributed by atoms with E-state index < -0.39 is 17.7 Å². The number of benzene rings is 2. The van der Waals surface area contributed by atoms with Gasteiger partial charge in [-0.25, -0.2) is 8.78 Å². The summed E-state index contributed by atoms with van der Waals surface area (Å²) in [7, 11) is 0. The number of hydrogen-bond acceptors (Lipinski definition) is 2. The number of ketones is 1. The van der Waals surface area contributed by atoms with E-state index in [1.807, 2.05) is 30.3 Å². The molecule has 3 N–H and O–H groups in total. The monoisotopic (exact) mass is 361 g/mol. The molecule has 0 heterocycles. The minimum Gasteiger partial charge on any atom is -0.341 e. The van der Waals surface area contributed by atoms with Crippen molar-refractivity contribution in [3.8, 4) is 0 Å². The second-order valence-corrected chi connectivity index (χ2v) is 6.32. The van der Waals surface area contributed by atoms with E-state index in [-0.39, 0.29) is 24.3 Å². The highest BCUT2D eigenvalue weighted by molar-refractivity contribution is 5.88. The van der Waals surface area contributed by atoms with Crippen LogP contribution in [0.15, 0.2) is 48.5 Å².